The van der Waals surface area contributed by atoms with Crippen LogP contribution < -0.4 is 9.64 Å². The number of hydrogen-bond acceptors (Lipinski definition) is 4. The first-order valence-corrected chi connectivity index (χ1v) is 7.63. The van der Waals surface area contributed by atoms with Gasteiger partial charge in [0.05, 0.1) is 17.3 Å². The van der Waals surface area contributed by atoms with Crippen LogP contribution in [-0.4, -0.2) is 23.6 Å². The molecule has 0 aliphatic carbocycles. The number of halogens is 4. The average Bonchev–Trinajstić information content (AvgIpc) is 2.51. The Bertz CT molecular complexity index is 707. The van der Waals surface area contributed by atoms with Crippen LogP contribution in [0.1, 0.15) is 19.4 Å². The van der Waals surface area contributed by atoms with E-state index in [2.05, 4.69) is 9.97 Å². The highest BCUT2D eigenvalue weighted by Gasteiger charge is 2.36. The van der Waals surface area contributed by atoms with Crippen LogP contribution in [0.15, 0.2) is 30.5 Å². The van der Waals surface area contributed by atoms with E-state index in [1.807, 2.05) is 13.8 Å². The molecule has 0 spiro atoms. The molecule has 0 saturated carbocycles. The Morgan fingerprint density at radius 1 is 1.25 bits per heavy atom. The summed E-state index contributed by atoms with van der Waals surface area (Å²) in [5, 5.41) is 0.438. The van der Waals surface area contributed by atoms with Gasteiger partial charge in [-0.3, -0.25) is 0 Å². The number of benzene rings is 1. The Balaban J connectivity index is 2.41. The van der Waals surface area contributed by atoms with Gasteiger partial charge in [-0.05, 0) is 18.1 Å². The van der Waals surface area contributed by atoms with Gasteiger partial charge in [-0.1, -0.05) is 37.6 Å². The van der Waals surface area contributed by atoms with Crippen molar-refractivity contribution in [2.75, 3.05) is 18.6 Å². The molecule has 1 aromatic heterocycles. The lowest BCUT2D eigenvalue weighted by molar-refractivity contribution is -0.139. The molecule has 2 rings (SSSR count). The number of anilines is 2. The summed E-state index contributed by atoms with van der Waals surface area (Å²) in [5.41, 5.74) is -0.423. The summed E-state index contributed by atoms with van der Waals surface area (Å²) in [6, 6.07) is 6.91. The molecular weight excluding hydrogens is 343 g/mol. The van der Waals surface area contributed by atoms with Crippen molar-refractivity contribution in [1.29, 1.82) is 0 Å². The minimum absolute atomic E-state index is 0.0609. The Labute approximate surface area is 143 Å². The molecule has 0 saturated heterocycles. The predicted octanol–water partition coefficient (Wildman–Crippen LogP) is 4.95. The molecule has 0 aliphatic heterocycles. The molecule has 1 aromatic carbocycles. The maximum absolute atomic E-state index is 13.1. The first kappa shape index (κ1) is 18.3. The second-order valence-corrected chi connectivity index (χ2v) is 6.01. The molecule has 0 fully saturated rings. The van der Waals surface area contributed by atoms with Gasteiger partial charge in [-0.25, -0.2) is 4.98 Å². The minimum Gasteiger partial charge on any atom is -0.477 e. The molecule has 130 valence electrons. The monoisotopic (exact) mass is 359 g/mol. The zero-order valence-corrected chi connectivity index (χ0v) is 14.2. The van der Waals surface area contributed by atoms with E-state index < -0.39 is 17.6 Å². The lowest BCUT2D eigenvalue weighted by Gasteiger charge is -2.20. The highest BCUT2D eigenvalue weighted by molar-refractivity contribution is 6.33. The molecule has 24 heavy (non-hydrogen) atoms. The first-order valence-electron chi connectivity index (χ1n) is 7.25. The van der Waals surface area contributed by atoms with Gasteiger partial charge in [0.25, 0.3) is 0 Å². The standard InChI is InChI=1S/C16H17ClF3N3O/c1-10(2)9-24-14-11(16(18,19)20)8-21-15(22-14)23(3)13-7-5-4-6-12(13)17/h4-8,10H,9H2,1-3H3. The van der Waals surface area contributed by atoms with Gasteiger partial charge < -0.3 is 9.64 Å². The number of hydrogen-bond donors (Lipinski definition) is 0. The Hall–Kier alpha value is -2.02. The highest BCUT2D eigenvalue weighted by Crippen LogP contribution is 2.36. The predicted molar refractivity (Wildman–Crippen MR) is 86.9 cm³/mol. The van der Waals surface area contributed by atoms with Gasteiger partial charge in [0.1, 0.15) is 5.56 Å². The summed E-state index contributed by atoms with van der Waals surface area (Å²) < 4.78 is 44.5. The zero-order chi connectivity index (χ0) is 17.9. The minimum atomic E-state index is -4.59. The maximum atomic E-state index is 13.1. The smallest absolute Gasteiger partial charge is 0.423 e. The molecular formula is C16H17ClF3N3O. The van der Waals surface area contributed by atoms with Crippen LogP contribution in [0.2, 0.25) is 5.02 Å². The van der Waals surface area contributed by atoms with Crippen molar-refractivity contribution < 1.29 is 17.9 Å². The van der Waals surface area contributed by atoms with Gasteiger partial charge in [-0.15, -0.1) is 0 Å². The summed E-state index contributed by atoms with van der Waals surface area (Å²) in [6.45, 7) is 3.80. The average molecular weight is 360 g/mol. The number of alkyl halides is 3. The molecule has 0 atom stereocenters. The van der Waals surface area contributed by atoms with E-state index in [0.717, 1.165) is 6.20 Å². The van der Waals surface area contributed by atoms with E-state index in [9.17, 15) is 13.2 Å². The van der Waals surface area contributed by atoms with E-state index >= 15 is 0 Å². The van der Waals surface area contributed by atoms with Crippen molar-refractivity contribution in [3.63, 3.8) is 0 Å². The third-order valence-corrected chi connectivity index (χ3v) is 3.43. The molecule has 1 heterocycles. The second kappa shape index (κ2) is 7.25. The fourth-order valence-corrected chi connectivity index (χ4v) is 2.16. The normalized spacial score (nSPS) is 11.7. The number of nitrogens with zero attached hydrogens (tertiary/aromatic N) is 3. The van der Waals surface area contributed by atoms with Crippen molar-refractivity contribution >= 4 is 23.2 Å². The molecule has 8 heteroatoms. The number of rotatable bonds is 5. The van der Waals surface area contributed by atoms with Crippen molar-refractivity contribution in [2.24, 2.45) is 5.92 Å². The Morgan fingerprint density at radius 3 is 2.50 bits per heavy atom. The van der Waals surface area contributed by atoms with Gasteiger partial charge in [-0.2, -0.15) is 18.2 Å². The summed E-state index contributed by atoms with van der Waals surface area (Å²) >= 11 is 6.11. The molecule has 2 aromatic rings. The Morgan fingerprint density at radius 2 is 1.92 bits per heavy atom. The van der Waals surface area contributed by atoms with Crippen LogP contribution in [0.3, 0.4) is 0 Å². The highest BCUT2D eigenvalue weighted by atomic mass is 35.5. The van der Waals surface area contributed by atoms with E-state index in [1.165, 1.54) is 4.90 Å². The molecule has 0 bridgehead atoms. The molecule has 0 unspecified atom stereocenters. The van der Waals surface area contributed by atoms with Crippen LogP contribution in [0.5, 0.6) is 5.88 Å². The second-order valence-electron chi connectivity index (χ2n) is 5.60. The largest absolute Gasteiger partial charge is 0.477 e. The maximum Gasteiger partial charge on any atom is 0.423 e. The van der Waals surface area contributed by atoms with E-state index in [4.69, 9.17) is 16.3 Å². The zero-order valence-electron chi connectivity index (χ0n) is 13.4. The van der Waals surface area contributed by atoms with Crippen LogP contribution in [-0.2, 0) is 6.18 Å². The third kappa shape index (κ3) is 4.29. The van der Waals surface area contributed by atoms with Crippen molar-refractivity contribution in [3.05, 3.63) is 41.0 Å². The van der Waals surface area contributed by atoms with E-state index in [-0.39, 0.29) is 18.5 Å². The van der Waals surface area contributed by atoms with Crippen LogP contribution >= 0.6 is 11.6 Å². The van der Waals surface area contributed by atoms with Crippen molar-refractivity contribution in [1.82, 2.24) is 9.97 Å². The Kier molecular flexibility index (Phi) is 5.54. The molecule has 0 aliphatic rings. The SMILES string of the molecule is CC(C)COc1nc(N(C)c2ccccc2Cl)ncc1C(F)(F)F. The van der Waals surface area contributed by atoms with Gasteiger partial charge >= 0.3 is 6.18 Å². The number of aromatic nitrogens is 2. The van der Waals surface area contributed by atoms with Crippen LogP contribution in [0.25, 0.3) is 0 Å². The lowest BCUT2D eigenvalue weighted by atomic mass is 10.2. The molecule has 0 N–H and O–H groups in total. The fraction of sp³-hybridized carbons (Fsp3) is 0.375. The van der Waals surface area contributed by atoms with Gasteiger partial charge in [0.2, 0.25) is 11.8 Å². The van der Waals surface area contributed by atoms with Crippen molar-refractivity contribution in [3.8, 4) is 5.88 Å². The lowest BCUT2D eigenvalue weighted by Crippen LogP contribution is -2.18. The summed E-state index contributed by atoms with van der Waals surface area (Å²) in [4.78, 5) is 9.25. The van der Waals surface area contributed by atoms with E-state index in [0.29, 0.717) is 10.7 Å². The summed E-state index contributed by atoms with van der Waals surface area (Å²) in [6.07, 6.45) is -3.86. The van der Waals surface area contributed by atoms with Crippen LogP contribution in [0, 0.1) is 5.92 Å². The van der Waals surface area contributed by atoms with Gasteiger partial charge in [0, 0.05) is 13.2 Å². The summed E-state index contributed by atoms with van der Waals surface area (Å²) in [5.74, 6) is -0.360. The van der Waals surface area contributed by atoms with Gasteiger partial charge in [0.15, 0.2) is 0 Å². The molecule has 0 amide bonds. The fourth-order valence-electron chi connectivity index (χ4n) is 1.90. The van der Waals surface area contributed by atoms with Crippen molar-refractivity contribution in [2.45, 2.75) is 20.0 Å². The summed E-state index contributed by atoms with van der Waals surface area (Å²) in [7, 11) is 1.62. The molecule has 4 nitrogen and oxygen atoms in total. The quantitative estimate of drug-likeness (QED) is 0.757. The van der Waals surface area contributed by atoms with E-state index in [1.54, 1.807) is 31.3 Å². The topological polar surface area (TPSA) is 38.2 Å². The third-order valence-electron chi connectivity index (χ3n) is 3.11. The number of para-hydroxylation sites is 1. The molecule has 0 radical (unpaired) electrons. The number of ether oxygens (including phenoxy) is 1. The van der Waals surface area contributed by atoms with Crippen LogP contribution in [0.4, 0.5) is 24.8 Å². The first-order chi connectivity index (χ1) is 11.2.